The van der Waals surface area contributed by atoms with Crippen molar-refractivity contribution in [3.8, 4) is 0 Å². The molecule has 0 fully saturated rings. The number of benzene rings is 1. The van der Waals surface area contributed by atoms with Gasteiger partial charge in [0.25, 0.3) is 0 Å². The Balaban J connectivity index is 2.24. The number of hydrogen-bond donors (Lipinski definition) is 1. The molecular formula is C13H17NOS. The molecule has 16 heavy (non-hydrogen) atoms. The highest BCUT2D eigenvalue weighted by Crippen LogP contribution is 2.32. The highest BCUT2D eigenvalue weighted by molar-refractivity contribution is 7.99. The number of ketones is 1. The summed E-state index contributed by atoms with van der Waals surface area (Å²) >= 11 is 1.85. The van der Waals surface area contributed by atoms with Crippen LogP contribution in [0, 0.1) is 0 Å². The summed E-state index contributed by atoms with van der Waals surface area (Å²) < 4.78 is 0. The van der Waals surface area contributed by atoms with E-state index in [1.54, 1.807) is 0 Å². The topological polar surface area (TPSA) is 29.1 Å². The van der Waals surface area contributed by atoms with Crippen LogP contribution in [0.5, 0.6) is 0 Å². The van der Waals surface area contributed by atoms with E-state index in [-0.39, 0.29) is 11.8 Å². The number of carbonyl (C=O) groups is 1. The fraction of sp³-hybridized carbons (Fsp3) is 0.462. The number of likely N-dealkylation sites (N-methyl/N-ethyl adjacent to an activating group) is 1. The van der Waals surface area contributed by atoms with Gasteiger partial charge in [0.15, 0.2) is 5.78 Å². The second-order valence-corrected chi connectivity index (χ2v) is 5.17. The van der Waals surface area contributed by atoms with Gasteiger partial charge in [0.1, 0.15) is 0 Å². The molecule has 1 aromatic carbocycles. The molecule has 0 saturated heterocycles. The minimum absolute atomic E-state index is 0.0514. The van der Waals surface area contributed by atoms with E-state index in [9.17, 15) is 4.79 Å². The Morgan fingerprint density at radius 2 is 2.38 bits per heavy atom. The maximum Gasteiger partial charge on any atom is 0.179 e. The zero-order valence-electron chi connectivity index (χ0n) is 9.75. The molecule has 1 unspecified atom stereocenters. The van der Waals surface area contributed by atoms with Gasteiger partial charge in [0, 0.05) is 16.2 Å². The van der Waals surface area contributed by atoms with Crippen molar-refractivity contribution in [1.82, 2.24) is 5.32 Å². The second-order valence-electron chi connectivity index (χ2n) is 4.03. The van der Waals surface area contributed by atoms with Crippen molar-refractivity contribution in [3.63, 3.8) is 0 Å². The van der Waals surface area contributed by atoms with Crippen molar-refractivity contribution < 1.29 is 4.79 Å². The number of fused-ring (bicyclic) bond motifs is 1. The molecule has 0 aromatic heterocycles. The monoisotopic (exact) mass is 235 g/mol. The first-order valence-electron chi connectivity index (χ1n) is 5.73. The lowest BCUT2D eigenvalue weighted by atomic mass is 10.0. The van der Waals surface area contributed by atoms with Gasteiger partial charge < -0.3 is 5.32 Å². The van der Waals surface area contributed by atoms with Gasteiger partial charge in [-0.15, -0.1) is 11.8 Å². The van der Waals surface area contributed by atoms with Crippen LogP contribution in [0.2, 0.25) is 0 Å². The van der Waals surface area contributed by atoms with Gasteiger partial charge in [-0.3, -0.25) is 4.79 Å². The first-order valence-corrected chi connectivity index (χ1v) is 6.72. The van der Waals surface area contributed by atoms with Gasteiger partial charge in [0.05, 0.1) is 6.04 Å². The first kappa shape index (κ1) is 11.7. The van der Waals surface area contributed by atoms with E-state index in [0.29, 0.717) is 0 Å². The summed E-state index contributed by atoms with van der Waals surface area (Å²) in [5, 5.41) is 3.06. The van der Waals surface area contributed by atoms with Crippen LogP contribution in [0.25, 0.3) is 0 Å². The maximum absolute atomic E-state index is 12.1. The maximum atomic E-state index is 12.1. The minimum atomic E-state index is -0.0514. The van der Waals surface area contributed by atoms with Gasteiger partial charge in [-0.25, -0.2) is 0 Å². The third-order valence-corrected chi connectivity index (χ3v) is 4.15. The molecule has 2 nitrogen and oxygen atoms in total. The van der Waals surface area contributed by atoms with Crippen LogP contribution in [0.1, 0.15) is 29.3 Å². The minimum Gasteiger partial charge on any atom is -0.310 e. The SMILES string of the molecule is CCC(NC)C(=O)c1ccc2c(c1)SCC2. The lowest BCUT2D eigenvalue weighted by Gasteiger charge is -2.13. The predicted molar refractivity (Wildman–Crippen MR) is 68.3 cm³/mol. The molecule has 0 amide bonds. The second kappa shape index (κ2) is 5.02. The molecule has 3 heteroatoms. The average molecular weight is 235 g/mol. The molecule has 0 spiro atoms. The standard InChI is InChI=1S/C13H17NOS/c1-3-11(14-2)13(15)10-5-4-9-6-7-16-12(9)8-10/h4-5,8,11,14H,3,6-7H2,1-2H3. The van der Waals surface area contributed by atoms with E-state index in [0.717, 1.165) is 24.2 Å². The highest BCUT2D eigenvalue weighted by atomic mass is 32.2. The van der Waals surface area contributed by atoms with E-state index in [1.165, 1.54) is 10.5 Å². The fourth-order valence-electron chi connectivity index (χ4n) is 2.04. The van der Waals surface area contributed by atoms with Crippen LogP contribution < -0.4 is 5.32 Å². The Morgan fingerprint density at radius 3 is 3.06 bits per heavy atom. The van der Waals surface area contributed by atoms with E-state index in [2.05, 4.69) is 17.4 Å². The smallest absolute Gasteiger partial charge is 0.179 e. The van der Waals surface area contributed by atoms with Crippen molar-refractivity contribution in [1.29, 1.82) is 0 Å². The van der Waals surface area contributed by atoms with Crippen molar-refractivity contribution in [2.24, 2.45) is 0 Å². The molecule has 1 atom stereocenters. The molecule has 0 aliphatic carbocycles. The summed E-state index contributed by atoms with van der Waals surface area (Å²) in [5.41, 5.74) is 2.23. The number of thioether (sulfide) groups is 1. The first-order chi connectivity index (χ1) is 7.76. The Kier molecular flexibility index (Phi) is 3.66. The summed E-state index contributed by atoms with van der Waals surface area (Å²) in [4.78, 5) is 13.4. The van der Waals surface area contributed by atoms with E-state index < -0.39 is 0 Å². The van der Waals surface area contributed by atoms with Crippen LogP contribution in [0.3, 0.4) is 0 Å². The highest BCUT2D eigenvalue weighted by Gasteiger charge is 2.19. The van der Waals surface area contributed by atoms with Gasteiger partial charge >= 0.3 is 0 Å². The normalized spacial score (nSPS) is 15.9. The average Bonchev–Trinajstić information content (AvgIpc) is 2.77. The molecule has 0 bridgehead atoms. The van der Waals surface area contributed by atoms with E-state index in [4.69, 9.17) is 0 Å². The molecule has 0 saturated carbocycles. The lowest BCUT2D eigenvalue weighted by molar-refractivity contribution is 0.0945. The Labute approximate surface area is 101 Å². The molecule has 1 aliphatic rings. The Morgan fingerprint density at radius 1 is 1.56 bits per heavy atom. The molecule has 1 N–H and O–H groups in total. The zero-order chi connectivity index (χ0) is 11.5. The summed E-state index contributed by atoms with van der Waals surface area (Å²) in [6, 6.07) is 6.07. The fourth-order valence-corrected chi connectivity index (χ4v) is 3.15. The number of rotatable bonds is 4. The number of aryl methyl sites for hydroxylation is 1. The number of hydrogen-bond acceptors (Lipinski definition) is 3. The quantitative estimate of drug-likeness (QED) is 0.813. The predicted octanol–water partition coefficient (Wildman–Crippen LogP) is 2.52. The van der Waals surface area contributed by atoms with Crippen molar-refractivity contribution in [2.75, 3.05) is 12.8 Å². The third kappa shape index (κ3) is 2.15. The number of nitrogens with one attached hydrogen (secondary N) is 1. The molecule has 86 valence electrons. The third-order valence-electron chi connectivity index (χ3n) is 3.05. The summed E-state index contributed by atoms with van der Waals surface area (Å²) in [7, 11) is 1.84. The lowest BCUT2D eigenvalue weighted by Crippen LogP contribution is -2.33. The van der Waals surface area contributed by atoms with Crippen LogP contribution in [0.4, 0.5) is 0 Å². The Hall–Kier alpha value is -0.800. The van der Waals surface area contributed by atoms with E-state index >= 15 is 0 Å². The van der Waals surface area contributed by atoms with Crippen LogP contribution in [-0.2, 0) is 6.42 Å². The van der Waals surface area contributed by atoms with Gasteiger partial charge in [-0.05, 0) is 31.5 Å². The Bertz CT molecular complexity index is 399. The zero-order valence-corrected chi connectivity index (χ0v) is 10.6. The van der Waals surface area contributed by atoms with E-state index in [1.807, 2.05) is 31.8 Å². The molecule has 0 radical (unpaired) electrons. The van der Waals surface area contributed by atoms with Gasteiger partial charge in [0.2, 0.25) is 0 Å². The summed E-state index contributed by atoms with van der Waals surface area (Å²) in [5.74, 6) is 1.36. The number of carbonyl (C=O) groups excluding carboxylic acids is 1. The number of Topliss-reactive ketones (excluding diaryl/α,β-unsaturated/α-hetero) is 1. The van der Waals surface area contributed by atoms with Crippen molar-refractivity contribution in [3.05, 3.63) is 29.3 Å². The summed E-state index contributed by atoms with van der Waals surface area (Å²) in [6.45, 7) is 2.03. The van der Waals surface area contributed by atoms with Gasteiger partial charge in [-0.2, -0.15) is 0 Å². The largest absolute Gasteiger partial charge is 0.310 e. The molecule has 1 aliphatic heterocycles. The van der Waals surface area contributed by atoms with Gasteiger partial charge in [-0.1, -0.05) is 19.1 Å². The van der Waals surface area contributed by atoms with Crippen molar-refractivity contribution >= 4 is 17.5 Å². The van der Waals surface area contributed by atoms with Crippen LogP contribution in [0.15, 0.2) is 23.1 Å². The molecule has 1 heterocycles. The molecule has 1 aromatic rings. The van der Waals surface area contributed by atoms with Crippen LogP contribution >= 0.6 is 11.8 Å². The molecule has 2 rings (SSSR count). The van der Waals surface area contributed by atoms with Crippen molar-refractivity contribution in [2.45, 2.75) is 30.7 Å². The summed E-state index contributed by atoms with van der Waals surface area (Å²) in [6.07, 6.45) is 1.97. The van der Waals surface area contributed by atoms with Crippen LogP contribution in [-0.4, -0.2) is 24.6 Å². The molecular weight excluding hydrogens is 218 g/mol.